The molecule has 0 aromatic carbocycles. The summed E-state index contributed by atoms with van der Waals surface area (Å²) in [6.45, 7) is 4.27. The van der Waals surface area contributed by atoms with E-state index in [1.807, 2.05) is 19.9 Å². The number of hydrogen-bond acceptors (Lipinski definition) is 3. The van der Waals surface area contributed by atoms with E-state index in [2.05, 4.69) is 4.57 Å². The van der Waals surface area contributed by atoms with Gasteiger partial charge in [-0.1, -0.05) is 19.3 Å². The second-order valence-electron chi connectivity index (χ2n) is 6.56. The minimum atomic E-state index is -1.01. The average molecular weight is 336 g/mol. The normalized spacial score (nSPS) is 15.5. The second-order valence-corrected chi connectivity index (χ2v) is 6.56. The van der Waals surface area contributed by atoms with Crippen molar-refractivity contribution in [2.75, 3.05) is 26.8 Å². The van der Waals surface area contributed by atoms with Gasteiger partial charge in [-0.3, -0.25) is 9.59 Å². The summed E-state index contributed by atoms with van der Waals surface area (Å²) >= 11 is 0. The van der Waals surface area contributed by atoms with E-state index >= 15 is 0 Å². The van der Waals surface area contributed by atoms with Crippen LogP contribution in [-0.2, 0) is 9.53 Å². The first-order valence-corrected chi connectivity index (χ1v) is 8.64. The molecule has 6 heteroatoms. The van der Waals surface area contributed by atoms with Crippen LogP contribution in [0.4, 0.5) is 0 Å². The van der Waals surface area contributed by atoms with Crippen LogP contribution in [-0.4, -0.2) is 53.3 Å². The summed E-state index contributed by atoms with van der Waals surface area (Å²) in [6.07, 6.45) is 6.03. The molecule has 0 bridgehead atoms. The number of hydrogen-bond donors (Lipinski definition) is 1. The van der Waals surface area contributed by atoms with Crippen LogP contribution in [0.2, 0.25) is 0 Å². The van der Waals surface area contributed by atoms with E-state index in [1.54, 1.807) is 7.11 Å². The number of nitrogens with zero attached hydrogens (tertiary/aromatic N) is 2. The van der Waals surface area contributed by atoms with Crippen LogP contribution in [0.1, 0.15) is 59.9 Å². The quantitative estimate of drug-likeness (QED) is 0.831. The van der Waals surface area contributed by atoms with Crippen LogP contribution in [0.3, 0.4) is 0 Å². The van der Waals surface area contributed by atoms with Crippen molar-refractivity contribution in [2.24, 2.45) is 0 Å². The van der Waals surface area contributed by atoms with Gasteiger partial charge in [-0.15, -0.1) is 0 Å². The molecule has 24 heavy (non-hydrogen) atoms. The van der Waals surface area contributed by atoms with Crippen LogP contribution < -0.4 is 0 Å². The van der Waals surface area contributed by atoms with Gasteiger partial charge in [0.05, 0.1) is 12.2 Å². The van der Waals surface area contributed by atoms with Gasteiger partial charge in [-0.2, -0.15) is 0 Å². The van der Waals surface area contributed by atoms with Gasteiger partial charge in [0.25, 0.3) is 5.91 Å². The lowest BCUT2D eigenvalue weighted by molar-refractivity contribution is -0.137. The number of aromatic nitrogens is 1. The maximum Gasteiger partial charge on any atom is 0.323 e. The molecule has 0 radical (unpaired) electrons. The van der Waals surface area contributed by atoms with Crippen molar-refractivity contribution in [3.63, 3.8) is 0 Å². The van der Waals surface area contributed by atoms with Gasteiger partial charge in [0.2, 0.25) is 0 Å². The predicted molar refractivity (Wildman–Crippen MR) is 91.4 cm³/mol. The lowest BCUT2D eigenvalue weighted by atomic mass is 9.95. The Bertz CT molecular complexity index is 588. The third-order valence-corrected chi connectivity index (χ3v) is 4.83. The van der Waals surface area contributed by atoms with Gasteiger partial charge in [-0.05, 0) is 32.8 Å². The van der Waals surface area contributed by atoms with Gasteiger partial charge in [-0.25, -0.2) is 0 Å². The van der Waals surface area contributed by atoms with Crippen molar-refractivity contribution in [2.45, 2.75) is 52.0 Å². The number of aryl methyl sites for hydroxylation is 1. The van der Waals surface area contributed by atoms with E-state index < -0.39 is 5.97 Å². The van der Waals surface area contributed by atoms with Gasteiger partial charge < -0.3 is 19.3 Å². The zero-order valence-electron chi connectivity index (χ0n) is 14.9. The maximum atomic E-state index is 12.8. The van der Waals surface area contributed by atoms with Crippen LogP contribution in [0, 0.1) is 13.8 Å². The third-order valence-electron chi connectivity index (χ3n) is 4.83. The standard InChI is InChI=1S/C18H28N2O4/c1-13-11-16(14(2)20(13)15-7-5-4-6-8-15)18(23)19(9-10-24-3)12-17(21)22/h11,15H,4-10,12H2,1-3H3,(H,21,22). The summed E-state index contributed by atoms with van der Waals surface area (Å²) in [6, 6.07) is 2.35. The molecule has 1 aromatic rings. The Balaban J connectivity index is 2.25. The number of methoxy groups -OCH3 is 1. The zero-order valence-corrected chi connectivity index (χ0v) is 14.9. The smallest absolute Gasteiger partial charge is 0.323 e. The fraction of sp³-hybridized carbons (Fsp3) is 0.667. The number of aliphatic carboxylic acids is 1. The first-order valence-electron chi connectivity index (χ1n) is 8.64. The summed E-state index contributed by atoms with van der Waals surface area (Å²) in [4.78, 5) is 25.3. The van der Waals surface area contributed by atoms with Crippen molar-refractivity contribution in [1.82, 2.24) is 9.47 Å². The molecular formula is C18H28N2O4. The molecule has 0 unspecified atom stereocenters. The zero-order chi connectivity index (χ0) is 17.7. The molecule has 1 N–H and O–H groups in total. The predicted octanol–water partition coefficient (Wildman–Crippen LogP) is 2.78. The highest BCUT2D eigenvalue weighted by atomic mass is 16.5. The number of carbonyl (C=O) groups is 2. The largest absolute Gasteiger partial charge is 0.480 e. The van der Waals surface area contributed by atoms with Crippen LogP contribution in [0.5, 0.6) is 0 Å². The van der Waals surface area contributed by atoms with E-state index in [0.29, 0.717) is 18.2 Å². The van der Waals surface area contributed by atoms with Crippen molar-refractivity contribution >= 4 is 11.9 Å². The molecular weight excluding hydrogens is 308 g/mol. The van der Waals surface area contributed by atoms with Crippen molar-refractivity contribution in [3.05, 3.63) is 23.0 Å². The number of carboxylic acids is 1. The number of carbonyl (C=O) groups excluding carboxylic acids is 1. The Labute approximate surface area is 143 Å². The molecule has 2 rings (SSSR count). The van der Waals surface area contributed by atoms with E-state index in [0.717, 1.165) is 24.2 Å². The highest BCUT2D eigenvalue weighted by molar-refractivity contribution is 5.97. The molecule has 0 aliphatic heterocycles. The van der Waals surface area contributed by atoms with Crippen molar-refractivity contribution in [3.8, 4) is 0 Å². The highest BCUT2D eigenvalue weighted by Gasteiger charge is 2.26. The number of carboxylic acid groups (broad SMARTS) is 1. The molecule has 0 atom stereocenters. The maximum absolute atomic E-state index is 12.8. The topological polar surface area (TPSA) is 71.8 Å². The average Bonchev–Trinajstić information content (AvgIpc) is 2.86. The Morgan fingerprint density at radius 2 is 1.96 bits per heavy atom. The van der Waals surface area contributed by atoms with Gasteiger partial charge in [0, 0.05) is 31.1 Å². The molecule has 1 saturated carbocycles. The fourth-order valence-corrected chi connectivity index (χ4v) is 3.68. The van der Waals surface area contributed by atoms with E-state index in [4.69, 9.17) is 9.84 Å². The first kappa shape index (κ1) is 18.5. The Kier molecular flexibility index (Phi) is 6.43. The molecule has 1 fully saturated rings. The van der Waals surface area contributed by atoms with E-state index in [-0.39, 0.29) is 19.0 Å². The molecule has 1 aliphatic carbocycles. The summed E-state index contributed by atoms with van der Waals surface area (Å²) < 4.78 is 7.27. The summed E-state index contributed by atoms with van der Waals surface area (Å²) in [5.41, 5.74) is 2.62. The number of rotatable bonds is 7. The molecule has 1 heterocycles. The molecule has 1 amide bonds. The van der Waals surface area contributed by atoms with Crippen molar-refractivity contribution < 1.29 is 19.4 Å². The Morgan fingerprint density at radius 1 is 1.29 bits per heavy atom. The molecule has 134 valence electrons. The molecule has 1 aliphatic rings. The van der Waals surface area contributed by atoms with Crippen LogP contribution in [0.15, 0.2) is 6.07 Å². The molecule has 1 aromatic heterocycles. The second kappa shape index (κ2) is 8.33. The minimum Gasteiger partial charge on any atom is -0.480 e. The van der Waals surface area contributed by atoms with Crippen LogP contribution >= 0.6 is 0 Å². The van der Waals surface area contributed by atoms with E-state index in [9.17, 15) is 9.59 Å². The van der Waals surface area contributed by atoms with Crippen molar-refractivity contribution in [1.29, 1.82) is 0 Å². The number of ether oxygens (including phenoxy) is 1. The highest BCUT2D eigenvalue weighted by Crippen LogP contribution is 2.32. The molecule has 0 saturated heterocycles. The summed E-state index contributed by atoms with van der Waals surface area (Å²) in [5, 5.41) is 9.07. The molecule has 6 nitrogen and oxygen atoms in total. The SMILES string of the molecule is COCCN(CC(=O)O)C(=O)c1cc(C)n(C2CCCCC2)c1C. The van der Waals surface area contributed by atoms with E-state index in [1.165, 1.54) is 24.2 Å². The summed E-state index contributed by atoms with van der Waals surface area (Å²) in [5.74, 6) is -1.25. The Morgan fingerprint density at radius 3 is 2.54 bits per heavy atom. The third kappa shape index (κ3) is 4.17. The number of amides is 1. The first-order chi connectivity index (χ1) is 11.5. The van der Waals surface area contributed by atoms with Crippen LogP contribution in [0.25, 0.3) is 0 Å². The van der Waals surface area contributed by atoms with Gasteiger partial charge in [0.1, 0.15) is 6.54 Å². The Hall–Kier alpha value is -1.82. The van der Waals surface area contributed by atoms with Gasteiger partial charge >= 0.3 is 5.97 Å². The minimum absolute atomic E-state index is 0.232. The van der Waals surface area contributed by atoms with Gasteiger partial charge in [0.15, 0.2) is 0 Å². The summed E-state index contributed by atoms with van der Waals surface area (Å²) in [7, 11) is 1.54. The lowest BCUT2D eigenvalue weighted by Gasteiger charge is -2.27. The monoisotopic (exact) mass is 336 g/mol. The molecule has 0 spiro atoms. The fourth-order valence-electron chi connectivity index (χ4n) is 3.68. The lowest BCUT2D eigenvalue weighted by Crippen LogP contribution is -2.38.